The van der Waals surface area contributed by atoms with Crippen molar-refractivity contribution in [3.63, 3.8) is 0 Å². The van der Waals surface area contributed by atoms with Crippen LogP contribution in [0.4, 0.5) is 5.69 Å². The Morgan fingerprint density at radius 1 is 1.10 bits per heavy atom. The van der Waals surface area contributed by atoms with E-state index in [0.29, 0.717) is 11.5 Å². The molecule has 1 amide bonds. The number of hydrogen-bond donors (Lipinski definition) is 1. The number of methoxy groups -OCH3 is 1. The molecule has 1 N–H and O–H groups in total. The predicted octanol–water partition coefficient (Wildman–Crippen LogP) is 3.78. The average Bonchev–Trinajstić information content (AvgIpc) is 3.38. The molecule has 8 nitrogen and oxygen atoms in total. The molecule has 0 saturated heterocycles. The van der Waals surface area contributed by atoms with E-state index in [4.69, 9.17) is 13.9 Å². The minimum absolute atomic E-state index is 0.0896. The number of carbonyl (C=O) groups excluding carboxylic acids is 2. The lowest BCUT2D eigenvalue weighted by Crippen LogP contribution is -2.16. The van der Waals surface area contributed by atoms with E-state index in [0.717, 1.165) is 10.8 Å². The maximum Gasteiger partial charge on any atom is 0.358 e. The highest BCUT2D eigenvalue weighted by atomic mass is 16.5. The Morgan fingerprint density at radius 2 is 1.90 bits per heavy atom. The van der Waals surface area contributed by atoms with Crippen molar-refractivity contribution in [3.05, 3.63) is 78.0 Å². The third kappa shape index (κ3) is 3.88. The van der Waals surface area contributed by atoms with Crippen molar-refractivity contribution >= 4 is 28.3 Å². The van der Waals surface area contributed by atoms with Crippen molar-refractivity contribution in [2.24, 2.45) is 7.05 Å². The number of amides is 1. The molecule has 0 atom stereocenters. The van der Waals surface area contributed by atoms with Gasteiger partial charge in [-0.15, -0.1) is 0 Å². The zero-order valence-corrected chi connectivity index (χ0v) is 16.4. The van der Waals surface area contributed by atoms with Gasteiger partial charge in [0.2, 0.25) is 0 Å². The third-order valence-corrected chi connectivity index (χ3v) is 4.55. The van der Waals surface area contributed by atoms with E-state index in [1.807, 2.05) is 42.5 Å². The third-order valence-electron chi connectivity index (χ3n) is 4.55. The van der Waals surface area contributed by atoms with Crippen LogP contribution in [0.15, 0.2) is 65.2 Å². The van der Waals surface area contributed by atoms with Crippen molar-refractivity contribution in [3.8, 4) is 5.75 Å². The van der Waals surface area contributed by atoms with Crippen LogP contribution in [0.3, 0.4) is 0 Å². The molecule has 2 aromatic heterocycles. The molecule has 2 heterocycles. The summed E-state index contributed by atoms with van der Waals surface area (Å²) in [6.45, 7) is 0.173. The van der Waals surface area contributed by atoms with E-state index in [-0.39, 0.29) is 23.7 Å². The zero-order chi connectivity index (χ0) is 21.1. The lowest BCUT2D eigenvalue weighted by atomic mass is 10.1. The summed E-state index contributed by atoms with van der Waals surface area (Å²) in [4.78, 5) is 24.4. The molecule has 0 fully saturated rings. The lowest BCUT2D eigenvalue weighted by Gasteiger charge is -2.06. The Kier molecular flexibility index (Phi) is 5.21. The molecule has 0 saturated carbocycles. The molecule has 0 radical (unpaired) electrons. The van der Waals surface area contributed by atoms with Gasteiger partial charge in [0.15, 0.2) is 11.5 Å². The molecule has 0 unspecified atom stereocenters. The highest BCUT2D eigenvalue weighted by molar-refractivity contribution is 6.06. The van der Waals surface area contributed by atoms with Crippen LogP contribution in [0.1, 0.15) is 26.8 Å². The quantitative estimate of drug-likeness (QED) is 0.491. The summed E-state index contributed by atoms with van der Waals surface area (Å²) < 4.78 is 17.4. The summed E-state index contributed by atoms with van der Waals surface area (Å²) >= 11 is 0. The first kappa shape index (κ1) is 19.3. The second-order valence-corrected chi connectivity index (χ2v) is 6.54. The number of furan rings is 1. The van der Waals surface area contributed by atoms with Crippen LogP contribution in [0.2, 0.25) is 0 Å². The van der Waals surface area contributed by atoms with Gasteiger partial charge < -0.3 is 19.2 Å². The van der Waals surface area contributed by atoms with Crippen molar-refractivity contribution < 1.29 is 23.5 Å². The van der Waals surface area contributed by atoms with E-state index < -0.39 is 11.9 Å². The number of benzene rings is 2. The van der Waals surface area contributed by atoms with Crippen LogP contribution in [-0.2, 0) is 18.4 Å². The first-order valence-electron chi connectivity index (χ1n) is 9.17. The van der Waals surface area contributed by atoms with Gasteiger partial charge in [0, 0.05) is 7.05 Å². The van der Waals surface area contributed by atoms with Crippen LogP contribution < -0.4 is 10.1 Å². The standard InChI is InChI=1S/C22H19N3O5/c1-25-20(22(27)28-2)18(12-23-25)24-21(26)19-10-9-17(30-19)13-29-16-8-7-14-5-3-4-6-15(14)11-16/h3-12H,13H2,1-2H3,(H,24,26). The van der Waals surface area contributed by atoms with Gasteiger partial charge in [-0.05, 0) is 35.0 Å². The van der Waals surface area contributed by atoms with Gasteiger partial charge in [0.1, 0.15) is 18.1 Å². The van der Waals surface area contributed by atoms with Crippen molar-refractivity contribution in [2.75, 3.05) is 12.4 Å². The number of fused-ring (bicyclic) bond motifs is 1. The number of carbonyl (C=O) groups is 2. The van der Waals surface area contributed by atoms with E-state index in [2.05, 4.69) is 10.4 Å². The van der Waals surface area contributed by atoms with Crippen LogP contribution in [-0.4, -0.2) is 28.8 Å². The monoisotopic (exact) mass is 405 g/mol. The van der Waals surface area contributed by atoms with E-state index in [9.17, 15) is 9.59 Å². The molecule has 8 heteroatoms. The number of aryl methyl sites for hydroxylation is 1. The van der Waals surface area contributed by atoms with Crippen LogP contribution in [0, 0.1) is 0 Å². The number of aromatic nitrogens is 2. The minimum atomic E-state index is -0.603. The van der Waals surface area contributed by atoms with E-state index >= 15 is 0 Å². The molecule has 0 aliphatic heterocycles. The zero-order valence-electron chi connectivity index (χ0n) is 16.4. The first-order chi connectivity index (χ1) is 14.5. The van der Waals surface area contributed by atoms with Crippen LogP contribution in [0.5, 0.6) is 5.75 Å². The number of nitrogens with one attached hydrogen (secondary N) is 1. The molecule has 0 aliphatic rings. The smallest absolute Gasteiger partial charge is 0.358 e. The SMILES string of the molecule is COC(=O)c1c(NC(=O)c2ccc(COc3ccc4ccccc4c3)o2)cnn1C. The lowest BCUT2D eigenvalue weighted by molar-refractivity contribution is 0.0589. The highest BCUT2D eigenvalue weighted by Gasteiger charge is 2.21. The Balaban J connectivity index is 1.42. The molecular formula is C22H19N3O5. The van der Waals surface area contributed by atoms with Crippen LogP contribution in [0.25, 0.3) is 10.8 Å². The average molecular weight is 405 g/mol. The summed E-state index contributed by atoms with van der Waals surface area (Å²) in [6.07, 6.45) is 1.37. The van der Waals surface area contributed by atoms with Gasteiger partial charge in [-0.1, -0.05) is 30.3 Å². The number of esters is 1. The van der Waals surface area contributed by atoms with Gasteiger partial charge >= 0.3 is 5.97 Å². The molecule has 2 aromatic carbocycles. The van der Waals surface area contributed by atoms with Gasteiger partial charge in [-0.2, -0.15) is 5.10 Å². The fourth-order valence-corrected chi connectivity index (χ4v) is 3.04. The van der Waals surface area contributed by atoms with Gasteiger partial charge in [0.25, 0.3) is 5.91 Å². The first-order valence-corrected chi connectivity index (χ1v) is 9.17. The predicted molar refractivity (Wildman–Crippen MR) is 109 cm³/mol. The maximum absolute atomic E-state index is 12.5. The summed E-state index contributed by atoms with van der Waals surface area (Å²) in [5, 5.41) is 8.79. The summed E-state index contributed by atoms with van der Waals surface area (Å²) in [5.41, 5.74) is 0.372. The molecule has 0 aliphatic carbocycles. The number of anilines is 1. The topological polar surface area (TPSA) is 95.6 Å². The van der Waals surface area contributed by atoms with E-state index in [1.165, 1.54) is 18.0 Å². The van der Waals surface area contributed by atoms with E-state index in [1.54, 1.807) is 19.2 Å². The van der Waals surface area contributed by atoms with Crippen molar-refractivity contribution in [1.82, 2.24) is 9.78 Å². The number of hydrogen-bond acceptors (Lipinski definition) is 6. The Morgan fingerprint density at radius 3 is 2.70 bits per heavy atom. The maximum atomic E-state index is 12.5. The number of rotatable bonds is 6. The molecule has 152 valence electrons. The molecule has 4 aromatic rings. The fraction of sp³-hybridized carbons (Fsp3) is 0.136. The highest BCUT2D eigenvalue weighted by Crippen LogP contribution is 2.22. The largest absolute Gasteiger partial charge is 0.486 e. The van der Waals surface area contributed by atoms with Gasteiger partial charge in [-0.3, -0.25) is 9.48 Å². The summed E-state index contributed by atoms with van der Waals surface area (Å²) in [5.74, 6) is 0.174. The Bertz CT molecular complexity index is 1220. The van der Waals surface area contributed by atoms with Crippen molar-refractivity contribution in [1.29, 1.82) is 0 Å². The minimum Gasteiger partial charge on any atom is -0.486 e. The molecule has 0 spiro atoms. The normalized spacial score (nSPS) is 10.7. The Labute approximate surface area is 172 Å². The fourth-order valence-electron chi connectivity index (χ4n) is 3.04. The van der Waals surface area contributed by atoms with Gasteiger partial charge in [-0.25, -0.2) is 4.79 Å². The summed E-state index contributed by atoms with van der Waals surface area (Å²) in [7, 11) is 2.84. The van der Waals surface area contributed by atoms with Crippen molar-refractivity contribution in [2.45, 2.75) is 6.61 Å². The molecule has 0 bridgehead atoms. The second-order valence-electron chi connectivity index (χ2n) is 6.54. The summed E-state index contributed by atoms with van der Waals surface area (Å²) in [6, 6.07) is 17.0. The second kappa shape index (κ2) is 8.12. The molecule has 4 rings (SSSR count). The number of ether oxygens (including phenoxy) is 2. The van der Waals surface area contributed by atoms with Gasteiger partial charge in [0.05, 0.1) is 19.0 Å². The molecule has 30 heavy (non-hydrogen) atoms. The molecular weight excluding hydrogens is 386 g/mol. The van der Waals surface area contributed by atoms with Crippen LogP contribution >= 0.6 is 0 Å². The number of nitrogens with zero attached hydrogens (tertiary/aromatic N) is 2. The Hall–Kier alpha value is -4.07.